The van der Waals surface area contributed by atoms with Gasteiger partial charge in [-0.2, -0.15) is 0 Å². The number of H-pyrrole nitrogens is 1. The number of rotatable bonds is 4. The summed E-state index contributed by atoms with van der Waals surface area (Å²) in [7, 11) is 1.68. The SMILES string of the molecule is Cn1c(=O)[nH]c2cc(OCCN3CCC4(CC3)C(=O)Nc3ccc(Cl)cc34)cnc21. The number of piperidine rings is 1. The number of aromatic nitrogens is 3. The lowest BCUT2D eigenvalue weighted by molar-refractivity contribution is -0.122. The normalized spacial score (nSPS) is 18.0. The zero-order valence-corrected chi connectivity index (χ0v) is 17.3. The van der Waals surface area contributed by atoms with Crippen LogP contribution in [-0.2, 0) is 17.3 Å². The summed E-state index contributed by atoms with van der Waals surface area (Å²) in [5.74, 6) is 0.698. The molecule has 0 aliphatic carbocycles. The highest BCUT2D eigenvalue weighted by Gasteiger charge is 2.48. The maximum atomic E-state index is 12.7. The average molecular weight is 428 g/mol. The van der Waals surface area contributed by atoms with Gasteiger partial charge in [0, 0.05) is 30.4 Å². The first-order chi connectivity index (χ1) is 14.5. The molecule has 30 heavy (non-hydrogen) atoms. The second-order valence-corrected chi connectivity index (χ2v) is 8.38. The van der Waals surface area contributed by atoms with Crippen molar-refractivity contribution in [2.75, 3.05) is 31.6 Å². The maximum Gasteiger partial charge on any atom is 0.327 e. The zero-order chi connectivity index (χ0) is 20.9. The number of aryl methyl sites for hydroxylation is 1. The quantitative estimate of drug-likeness (QED) is 0.666. The van der Waals surface area contributed by atoms with Gasteiger partial charge in [-0.25, -0.2) is 9.78 Å². The molecule has 156 valence electrons. The number of imidazole rings is 1. The molecule has 3 aromatic rings. The fourth-order valence-corrected chi connectivity index (χ4v) is 4.68. The van der Waals surface area contributed by atoms with Gasteiger partial charge in [0.2, 0.25) is 5.91 Å². The third-order valence-corrected chi connectivity index (χ3v) is 6.51. The average Bonchev–Trinajstić information content (AvgIpc) is 3.17. The highest BCUT2D eigenvalue weighted by molar-refractivity contribution is 6.31. The summed E-state index contributed by atoms with van der Waals surface area (Å²) in [5, 5.41) is 3.67. The van der Waals surface area contributed by atoms with Gasteiger partial charge in [-0.15, -0.1) is 0 Å². The summed E-state index contributed by atoms with van der Waals surface area (Å²) in [5.41, 5.74) is 2.48. The van der Waals surface area contributed by atoms with Crippen molar-refractivity contribution in [3.05, 3.63) is 51.5 Å². The molecule has 0 radical (unpaired) electrons. The highest BCUT2D eigenvalue weighted by atomic mass is 35.5. The molecule has 2 N–H and O–H groups in total. The Bertz CT molecular complexity index is 1190. The number of pyridine rings is 1. The molecular formula is C21H22ClN5O3. The third kappa shape index (κ3) is 3.07. The fraction of sp³-hybridized carbons (Fsp3) is 0.381. The third-order valence-electron chi connectivity index (χ3n) is 6.27. The van der Waals surface area contributed by atoms with E-state index in [4.69, 9.17) is 16.3 Å². The van der Waals surface area contributed by atoms with Crippen LogP contribution in [-0.4, -0.2) is 51.6 Å². The minimum Gasteiger partial charge on any atom is -0.491 e. The molecule has 0 atom stereocenters. The van der Waals surface area contributed by atoms with Crippen molar-refractivity contribution < 1.29 is 9.53 Å². The molecule has 0 saturated carbocycles. The van der Waals surface area contributed by atoms with Gasteiger partial charge in [-0.3, -0.25) is 14.3 Å². The van der Waals surface area contributed by atoms with E-state index in [1.807, 2.05) is 18.2 Å². The second kappa shape index (κ2) is 7.14. The number of amides is 1. The van der Waals surface area contributed by atoms with Gasteiger partial charge in [-0.05, 0) is 49.7 Å². The Morgan fingerprint density at radius 2 is 2.03 bits per heavy atom. The molecule has 5 rings (SSSR count). The molecule has 0 bridgehead atoms. The van der Waals surface area contributed by atoms with Crippen LogP contribution < -0.4 is 15.7 Å². The van der Waals surface area contributed by atoms with Crippen molar-refractivity contribution >= 4 is 34.4 Å². The van der Waals surface area contributed by atoms with E-state index in [9.17, 15) is 9.59 Å². The van der Waals surface area contributed by atoms with Gasteiger partial charge in [0.1, 0.15) is 12.4 Å². The highest BCUT2D eigenvalue weighted by Crippen LogP contribution is 2.45. The van der Waals surface area contributed by atoms with Gasteiger partial charge < -0.3 is 15.0 Å². The number of hydrogen-bond donors (Lipinski definition) is 2. The largest absolute Gasteiger partial charge is 0.491 e. The van der Waals surface area contributed by atoms with Gasteiger partial charge >= 0.3 is 5.69 Å². The van der Waals surface area contributed by atoms with Crippen molar-refractivity contribution in [2.24, 2.45) is 7.05 Å². The van der Waals surface area contributed by atoms with Crippen LogP contribution in [0.2, 0.25) is 5.02 Å². The second-order valence-electron chi connectivity index (χ2n) is 7.95. The lowest BCUT2D eigenvalue weighted by Gasteiger charge is -2.37. The van der Waals surface area contributed by atoms with Crippen LogP contribution in [0.4, 0.5) is 5.69 Å². The number of hydrogen-bond acceptors (Lipinski definition) is 5. The molecular weight excluding hydrogens is 406 g/mol. The number of carbonyl (C=O) groups excluding carboxylic acids is 1. The Labute approximate surface area is 177 Å². The number of aromatic amines is 1. The van der Waals surface area contributed by atoms with Crippen molar-refractivity contribution in [3.63, 3.8) is 0 Å². The van der Waals surface area contributed by atoms with E-state index in [1.165, 1.54) is 4.57 Å². The Kier molecular flexibility index (Phi) is 4.56. The lowest BCUT2D eigenvalue weighted by atomic mass is 9.73. The number of nitrogens with one attached hydrogen (secondary N) is 2. The maximum absolute atomic E-state index is 12.7. The van der Waals surface area contributed by atoms with Crippen molar-refractivity contribution in [3.8, 4) is 5.75 Å². The van der Waals surface area contributed by atoms with Gasteiger partial charge in [0.15, 0.2) is 5.65 Å². The summed E-state index contributed by atoms with van der Waals surface area (Å²) in [6.45, 7) is 2.88. The predicted octanol–water partition coefficient (Wildman–Crippen LogP) is 2.28. The molecule has 1 fully saturated rings. The topological polar surface area (TPSA) is 92.2 Å². The number of anilines is 1. The molecule has 2 aliphatic rings. The molecule has 9 heteroatoms. The Balaban J connectivity index is 1.20. The first-order valence-electron chi connectivity index (χ1n) is 9.98. The molecule has 1 saturated heterocycles. The predicted molar refractivity (Wildman–Crippen MR) is 114 cm³/mol. The molecule has 1 amide bonds. The Morgan fingerprint density at radius 3 is 2.83 bits per heavy atom. The first-order valence-corrected chi connectivity index (χ1v) is 10.4. The molecule has 4 heterocycles. The number of halogens is 1. The Hall–Kier alpha value is -2.84. The molecule has 2 aliphatic heterocycles. The van der Waals surface area contributed by atoms with Gasteiger partial charge in [0.05, 0.1) is 17.1 Å². The summed E-state index contributed by atoms with van der Waals surface area (Å²) in [6.07, 6.45) is 3.14. The van der Waals surface area contributed by atoms with Crippen molar-refractivity contribution in [1.82, 2.24) is 19.4 Å². The monoisotopic (exact) mass is 427 g/mol. The Morgan fingerprint density at radius 1 is 1.23 bits per heavy atom. The first kappa shape index (κ1) is 19.1. The van der Waals surface area contributed by atoms with Crippen LogP contribution in [0.5, 0.6) is 5.75 Å². The lowest BCUT2D eigenvalue weighted by Crippen LogP contribution is -2.47. The number of fused-ring (bicyclic) bond motifs is 3. The smallest absolute Gasteiger partial charge is 0.327 e. The summed E-state index contributed by atoms with van der Waals surface area (Å²) < 4.78 is 7.31. The number of benzene rings is 1. The van der Waals surface area contributed by atoms with E-state index in [-0.39, 0.29) is 11.6 Å². The van der Waals surface area contributed by atoms with E-state index in [0.717, 1.165) is 43.7 Å². The van der Waals surface area contributed by atoms with E-state index in [0.29, 0.717) is 28.5 Å². The van der Waals surface area contributed by atoms with Gasteiger partial charge in [-0.1, -0.05) is 11.6 Å². The van der Waals surface area contributed by atoms with Crippen LogP contribution >= 0.6 is 11.6 Å². The summed E-state index contributed by atoms with van der Waals surface area (Å²) in [4.78, 5) is 33.8. The number of carbonyl (C=O) groups is 1. The van der Waals surface area contributed by atoms with E-state index in [2.05, 4.69) is 20.2 Å². The minimum atomic E-state index is -0.480. The van der Waals surface area contributed by atoms with E-state index in [1.54, 1.807) is 19.3 Å². The van der Waals surface area contributed by atoms with Crippen LogP contribution in [0.25, 0.3) is 11.2 Å². The summed E-state index contributed by atoms with van der Waals surface area (Å²) in [6, 6.07) is 7.40. The fourth-order valence-electron chi connectivity index (χ4n) is 4.50. The standard InChI is InChI=1S/C21H22ClN5O3/c1-26-18-17(25-20(26)29)11-14(12-23-18)30-9-8-27-6-4-21(5-7-27)15-10-13(22)2-3-16(15)24-19(21)28/h2-3,10-12H,4-9H2,1H3,(H,24,28)(H,25,29). The minimum absolute atomic E-state index is 0.0758. The van der Waals surface area contributed by atoms with Crippen molar-refractivity contribution in [2.45, 2.75) is 18.3 Å². The van der Waals surface area contributed by atoms with Gasteiger partial charge in [0.25, 0.3) is 0 Å². The number of nitrogens with zero attached hydrogens (tertiary/aromatic N) is 3. The van der Waals surface area contributed by atoms with Crippen LogP contribution in [0.15, 0.2) is 35.3 Å². The molecule has 1 aromatic carbocycles. The van der Waals surface area contributed by atoms with Crippen LogP contribution in [0.3, 0.4) is 0 Å². The van der Waals surface area contributed by atoms with Crippen LogP contribution in [0.1, 0.15) is 18.4 Å². The van der Waals surface area contributed by atoms with E-state index < -0.39 is 5.41 Å². The molecule has 2 aromatic heterocycles. The summed E-state index contributed by atoms with van der Waals surface area (Å²) >= 11 is 6.18. The van der Waals surface area contributed by atoms with Crippen molar-refractivity contribution in [1.29, 1.82) is 0 Å². The van der Waals surface area contributed by atoms with Crippen LogP contribution in [0, 0.1) is 0 Å². The molecule has 1 spiro atoms. The zero-order valence-electron chi connectivity index (χ0n) is 16.6. The molecule has 0 unspecified atom stereocenters. The molecule has 8 nitrogen and oxygen atoms in total. The van der Waals surface area contributed by atoms with E-state index >= 15 is 0 Å². The number of ether oxygens (including phenoxy) is 1. The number of likely N-dealkylation sites (tertiary alicyclic amines) is 1.